The standard InChI is InChI=1S/C20H23Cl2F3N4O3/c1-12(30)9-15-18(22)19(20(23,24)25)26-29(15)11-17(31)28-7-5-27(6-8-28)13-3-4-14(21)16(10-13)32-2/h3-4,10,12,30H,5-9,11H2,1-2H3. The second-order valence-electron chi connectivity index (χ2n) is 7.50. The van der Waals surface area contributed by atoms with Gasteiger partial charge in [-0.15, -0.1) is 0 Å². The van der Waals surface area contributed by atoms with E-state index in [0.717, 1.165) is 10.4 Å². The summed E-state index contributed by atoms with van der Waals surface area (Å²) < 4.78 is 45.8. The average molecular weight is 495 g/mol. The Morgan fingerprint density at radius 1 is 1.25 bits per heavy atom. The largest absolute Gasteiger partial charge is 0.495 e. The SMILES string of the molecule is COc1cc(N2CCN(C(=O)Cn3nc(C(F)(F)F)c(Cl)c3CC(C)O)CC2)ccc1Cl. The number of alkyl halides is 3. The summed E-state index contributed by atoms with van der Waals surface area (Å²) in [6.45, 7) is 2.86. The number of methoxy groups -OCH3 is 1. The molecule has 1 amide bonds. The highest BCUT2D eigenvalue weighted by atomic mass is 35.5. The van der Waals surface area contributed by atoms with Gasteiger partial charge in [-0.2, -0.15) is 18.3 Å². The van der Waals surface area contributed by atoms with Gasteiger partial charge in [-0.25, -0.2) is 0 Å². The average Bonchev–Trinajstić information content (AvgIpc) is 3.03. The molecular weight excluding hydrogens is 472 g/mol. The van der Waals surface area contributed by atoms with Crippen molar-refractivity contribution >= 4 is 34.8 Å². The molecule has 1 aromatic carbocycles. The molecule has 1 aliphatic rings. The number of ether oxygens (including phenoxy) is 1. The molecule has 0 aliphatic carbocycles. The van der Waals surface area contributed by atoms with Crippen LogP contribution in [0.2, 0.25) is 10.0 Å². The van der Waals surface area contributed by atoms with Crippen LogP contribution in [0.4, 0.5) is 18.9 Å². The molecular formula is C20H23Cl2F3N4O3. The molecule has 0 radical (unpaired) electrons. The summed E-state index contributed by atoms with van der Waals surface area (Å²) in [4.78, 5) is 16.4. The van der Waals surface area contributed by atoms with Gasteiger partial charge in [0.1, 0.15) is 12.3 Å². The number of hydrogen-bond acceptors (Lipinski definition) is 5. The maximum Gasteiger partial charge on any atom is 0.436 e. The van der Waals surface area contributed by atoms with Gasteiger partial charge in [0, 0.05) is 44.4 Å². The Balaban J connectivity index is 1.70. The molecule has 1 aromatic heterocycles. The molecule has 32 heavy (non-hydrogen) atoms. The van der Waals surface area contributed by atoms with Gasteiger partial charge >= 0.3 is 6.18 Å². The van der Waals surface area contributed by atoms with Crippen LogP contribution < -0.4 is 9.64 Å². The number of amides is 1. The molecule has 1 N–H and O–H groups in total. The summed E-state index contributed by atoms with van der Waals surface area (Å²) in [7, 11) is 1.53. The lowest BCUT2D eigenvalue weighted by Gasteiger charge is -2.36. The summed E-state index contributed by atoms with van der Waals surface area (Å²) in [5.74, 6) is 0.169. The van der Waals surface area contributed by atoms with E-state index >= 15 is 0 Å². The predicted molar refractivity (Wildman–Crippen MR) is 114 cm³/mol. The number of anilines is 1. The second kappa shape index (κ2) is 9.76. The van der Waals surface area contributed by atoms with Crippen molar-refractivity contribution in [1.82, 2.24) is 14.7 Å². The van der Waals surface area contributed by atoms with Gasteiger partial charge in [-0.1, -0.05) is 23.2 Å². The molecule has 2 heterocycles. The fourth-order valence-corrected chi connectivity index (χ4v) is 4.06. The molecule has 3 rings (SSSR count). The van der Waals surface area contributed by atoms with Gasteiger partial charge < -0.3 is 19.6 Å². The van der Waals surface area contributed by atoms with E-state index < -0.39 is 29.5 Å². The van der Waals surface area contributed by atoms with Crippen LogP contribution in [-0.4, -0.2) is 65.1 Å². The van der Waals surface area contributed by atoms with Crippen molar-refractivity contribution in [3.8, 4) is 5.75 Å². The van der Waals surface area contributed by atoms with Crippen molar-refractivity contribution in [2.24, 2.45) is 0 Å². The number of piperazine rings is 1. The van der Waals surface area contributed by atoms with Gasteiger partial charge in [0.15, 0.2) is 5.69 Å². The van der Waals surface area contributed by atoms with E-state index in [2.05, 4.69) is 10.00 Å². The van der Waals surface area contributed by atoms with Gasteiger partial charge in [0.05, 0.1) is 29.0 Å². The molecule has 0 saturated carbocycles. The van der Waals surface area contributed by atoms with E-state index in [1.807, 2.05) is 12.1 Å². The molecule has 12 heteroatoms. The molecule has 1 fully saturated rings. The van der Waals surface area contributed by atoms with E-state index in [-0.39, 0.29) is 18.0 Å². The second-order valence-corrected chi connectivity index (χ2v) is 8.29. The third-order valence-corrected chi connectivity index (χ3v) is 5.88. The van der Waals surface area contributed by atoms with Gasteiger partial charge in [-0.3, -0.25) is 9.48 Å². The van der Waals surface area contributed by atoms with Crippen molar-refractivity contribution in [2.45, 2.75) is 32.2 Å². The van der Waals surface area contributed by atoms with Crippen LogP contribution in [0, 0.1) is 0 Å². The Morgan fingerprint density at radius 2 is 1.91 bits per heavy atom. The number of carbonyl (C=O) groups excluding carboxylic acids is 1. The molecule has 176 valence electrons. The molecule has 1 saturated heterocycles. The van der Waals surface area contributed by atoms with Crippen LogP contribution >= 0.6 is 23.2 Å². The van der Waals surface area contributed by atoms with Crippen molar-refractivity contribution in [3.05, 3.63) is 39.6 Å². The predicted octanol–water partition coefficient (Wildman–Crippen LogP) is 3.49. The first-order valence-electron chi connectivity index (χ1n) is 9.88. The Kier molecular flexibility index (Phi) is 7.46. The topological polar surface area (TPSA) is 70.8 Å². The van der Waals surface area contributed by atoms with Crippen LogP contribution in [-0.2, 0) is 23.9 Å². The Bertz CT molecular complexity index is 974. The monoisotopic (exact) mass is 494 g/mol. The Hall–Kier alpha value is -2.17. The zero-order valence-corrected chi connectivity index (χ0v) is 19.0. The molecule has 0 spiro atoms. The van der Waals surface area contributed by atoms with E-state index in [0.29, 0.717) is 37.0 Å². The summed E-state index contributed by atoms with van der Waals surface area (Å²) in [6.07, 6.45) is -5.86. The van der Waals surface area contributed by atoms with Gasteiger partial charge in [-0.05, 0) is 19.1 Å². The smallest absolute Gasteiger partial charge is 0.436 e. The lowest BCUT2D eigenvalue weighted by Crippen LogP contribution is -2.49. The minimum absolute atomic E-state index is 0.0192. The minimum atomic E-state index is -4.76. The number of hydrogen-bond donors (Lipinski definition) is 1. The van der Waals surface area contributed by atoms with Crippen LogP contribution in [0.5, 0.6) is 5.75 Å². The third kappa shape index (κ3) is 5.41. The van der Waals surface area contributed by atoms with E-state index in [1.165, 1.54) is 14.0 Å². The highest BCUT2D eigenvalue weighted by Crippen LogP contribution is 2.36. The van der Waals surface area contributed by atoms with E-state index in [9.17, 15) is 23.1 Å². The fourth-order valence-electron chi connectivity index (χ4n) is 3.55. The number of aromatic nitrogens is 2. The molecule has 0 bridgehead atoms. The number of benzene rings is 1. The van der Waals surface area contributed by atoms with Gasteiger partial charge in [0.25, 0.3) is 0 Å². The first-order valence-corrected chi connectivity index (χ1v) is 10.6. The maximum atomic E-state index is 13.2. The minimum Gasteiger partial charge on any atom is -0.495 e. The van der Waals surface area contributed by atoms with Crippen LogP contribution in [0.15, 0.2) is 18.2 Å². The summed E-state index contributed by atoms with van der Waals surface area (Å²) in [6, 6.07) is 5.40. The number of carbonyl (C=O) groups is 1. The molecule has 7 nitrogen and oxygen atoms in total. The van der Waals surface area contributed by atoms with Crippen molar-refractivity contribution in [3.63, 3.8) is 0 Å². The summed E-state index contributed by atoms with van der Waals surface area (Å²) in [5.41, 5.74) is -0.385. The van der Waals surface area contributed by atoms with E-state index in [1.54, 1.807) is 11.0 Å². The quantitative estimate of drug-likeness (QED) is 0.665. The highest BCUT2D eigenvalue weighted by molar-refractivity contribution is 6.32. The molecule has 2 aromatic rings. The first kappa shape index (κ1) is 24.5. The van der Waals surface area contributed by atoms with Crippen molar-refractivity contribution < 1.29 is 27.8 Å². The zero-order chi connectivity index (χ0) is 23.6. The number of aliphatic hydroxyl groups is 1. The van der Waals surface area contributed by atoms with Crippen LogP contribution in [0.3, 0.4) is 0 Å². The maximum absolute atomic E-state index is 13.2. The molecule has 1 atom stereocenters. The van der Waals surface area contributed by atoms with Crippen LogP contribution in [0.25, 0.3) is 0 Å². The van der Waals surface area contributed by atoms with Gasteiger partial charge in [0.2, 0.25) is 5.91 Å². The summed E-state index contributed by atoms with van der Waals surface area (Å²) in [5, 5.41) is 13.1. The lowest BCUT2D eigenvalue weighted by molar-refractivity contribution is -0.142. The molecule has 1 unspecified atom stereocenters. The number of rotatable bonds is 6. The Morgan fingerprint density at radius 3 is 2.47 bits per heavy atom. The first-order chi connectivity index (χ1) is 15.0. The molecule has 1 aliphatic heterocycles. The normalized spacial score (nSPS) is 15.8. The summed E-state index contributed by atoms with van der Waals surface area (Å²) >= 11 is 11.9. The van der Waals surface area contributed by atoms with E-state index in [4.69, 9.17) is 27.9 Å². The number of nitrogens with zero attached hydrogens (tertiary/aromatic N) is 4. The highest BCUT2D eigenvalue weighted by Gasteiger charge is 2.39. The van der Waals surface area contributed by atoms with Crippen LogP contribution in [0.1, 0.15) is 18.3 Å². The Labute approximate surface area is 193 Å². The zero-order valence-electron chi connectivity index (χ0n) is 17.5. The fraction of sp³-hybridized carbons (Fsp3) is 0.500. The van der Waals surface area contributed by atoms with Crippen molar-refractivity contribution in [1.29, 1.82) is 0 Å². The van der Waals surface area contributed by atoms with Crippen molar-refractivity contribution in [2.75, 3.05) is 38.2 Å². The number of halogens is 5. The lowest BCUT2D eigenvalue weighted by atomic mass is 10.2. The third-order valence-electron chi connectivity index (χ3n) is 5.17. The number of aliphatic hydroxyl groups excluding tert-OH is 1.